The van der Waals surface area contributed by atoms with Crippen molar-refractivity contribution >= 4 is 5.69 Å². The molecule has 0 aliphatic carbocycles. The maximum absolute atomic E-state index is 8.45. The quantitative estimate of drug-likeness (QED) is 0.302. The van der Waals surface area contributed by atoms with Crippen LogP contribution < -0.4 is 0 Å². The number of nitrogens with zero attached hydrogens (tertiary/aromatic N) is 4. The van der Waals surface area contributed by atoms with E-state index >= 15 is 0 Å². The molecule has 76 valence electrons. The molecule has 4 heteroatoms. The summed E-state index contributed by atoms with van der Waals surface area (Å²) in [6.07, 6.45) is 4.72. The van der Waals surface area contributed by atoms with Crippen LogP contribution in [-0.2, 0) is 0 Å². The first kappa shape index (κ1) is 13.1. The van der Waals surface area contributed by atoms with Gasteiger partial charge in [0.15, 0.2) is 0 Å². The molecule has 0 N–H and O–H groups in total. The monoisotopic (exact) mass is 208 g/mol. The molecule has 0 heterocycles. The Morgan fingerprint density at radius 2 is 2.25 bits per heavy atom. The summed E-state index contributed by atoms with van der Waals surface area (Å²) in [5.41, 5.74) is 9.02. The first-order chi connectivity index (χ1) is 7.78. The number of hydrogen-bond donors (Lipinski definition) is 0. The fraction of sp³-hybridized carbons (Fsp3) is 0.0833. The van der Waals surface area contributed by atoms with Gasteiger partial charge >= 0.3 is 0 Å². The molecule has 4 nitrogen and oxygen atoms in total. The molecule has 0 unspecified atom stereocenters. The number of azide groups is 1. The number of nitriles is 1. The van der Waals surface area contributed by atoms with Gasteiger partial charge in [-0.25, -0.2) is 0 Å². The van der Waals surface area contributed by atoms with Crippen LogP contribution in [0.2, 0.25) is 0 Å². The maximum Gasteiger partial charge on any atom is 0.0991 e. The summed E-state index contributed by atoms with van der Waals surface area (Å²) >= 11 is 0. The zero-order valence-electron chi connectivity index (χ0n) is 8.68. The van der Waals surface area contributed by atoms with Crippen LogP contribution >= 0.6 is 0 Å². The third kappa shape index (κ3) is 5.73. The Kier molecular flexibility index (Phi) is 7.17. The second kappa shape index (κ2) is 8.73. The van der Waals surface area contributed by atoms with Crippen molar-refractivity contribution in [2.45, 2.75) is 6.92 Å². The number of terminal acetylenes is 1. The topological polar surface area (TPSA) is 72.5 Å². The summed E-state index contributed by atoms with van der Waals surface area (Å²) in [5, 5.41) is 11.8. The average Bonchev–Trinajstić information content (AvgIpc) is 2.32. The van der Waals surface area contributed by atoms with Crippen molar-refractivity contribution < 1.29 is 0 Å². The summed E-state index contributed by atoms with van der Waals surface area (Å²) in [6, 6.07) is 8.43. The lowest BCUT2D eigenvalue weighted by Gasteiger charge is -1.89. The standard InChI is InChI=1S/C7H4N4.C5H4/c8-5-6-2-1-3-7(4-6)10-11-9;1-3-5-4-2/h1-4H;1H,2H3. The third-order valence-corrected chi connectivity index (χ3v) is 1.33. The first-order valence-electron chi connectivity index (χ1n) is 4.21. The van der Waals surface area contributed by atoms with Gasteiger partial charge in [-0.05, 0) is 36.4 Å². The van der Waals surface area contributed by atoms with Crippen LogP contribution in [0.15, 0.2) is 29.4 Å². The normalized spacial score (nSPS) is 6.44. The Bertz CT molecular complexity index is 529. The molecule has 0 saturated heterocycles. The largest absolute Gasteiger partial charge is 0.192 e. The SMILES string of the molecule is C#CC#CC.N#Cc1cccc(N=[N+]=[N-])c1. The first-order valence-corrected chi connectivity index (χ1v) is 4.21. The van der Waals surface area contributed by atoms with Crippen molar-refractivity contribution in [3.05, 3.63) is 40.3 Å². The Balaban J connectivity index is 0.000000385. The van der Waals surface area contributed by atoms with Crippen LogP contribution in [0.4, 0.5) is 5.69 Å². The minimum atomic E-state index is 0.464. The highest BCUT2D eigenvalue weighted by Crippen LogP contribution is 2.12. The number of hydrogen-bond acceptors (Lipinski definition) is 2. The van der Waals surface area contributed by atoms with E-state index in [4.69, 9.17) is 17.2 Å². The van der Waals surface area contributed by atoms with Gasteiger partial charge in [0.2, 0.25) is 0 Å². The number of benzene rings is 1. The zero-order chi connectivity index (χ0) is 12.2. The van der Waals surface area contributed by atoms with Gasteiger partial charge in [0.05, 0.1) is 11.6 Å². The lowest BCUT2D eigenvalue weighted by atomic mass is 10.2. The fourth-order valence-electron chi connectivity index (χ4n) is 0.761. The highest BCUT2D eigenvalue weighted by molar-refractivity contribution is 5.44. The van der Waals surface area contributed by atoms with Gasteiger partial charge in [-0.2, -0.15) is 5.26 Å². The molecule has 1 rings (SSSR count). The van der Waals surface area contributed by atoms with Crippen LogP contribution in [0, 0.1) is 35.5 Å². The van der Waals surface area contributed by atoms with Crippen molar-refractivity contribution in [2.75, 3.05) is 0 Å². The van der Waals surface area contributed by atoms with Gasteiger partial charge in [-0.3, -0.25) is 0 Å². The zero-order valence-corrected chi connectivity index (χ0v) is 8.68. The summed E-state index contributed by atoms with van der Waals surface area (Å²) in [4.78, 5) is 2.60. The summed E-state index contributed by atoms with van der Waals surface area (Å²) in [5.74, 6) is 7.08. The van der Waals surface area contributed by atoms with Gasteiger partial charge in [0, 0.05) is 10.6 Å². The van der Waals surface area contributed by atoms with E-state index in [9.17, 15) is 0 Å². The van der Waals surface area contributed by atoms with Crippen LogP contribution in [0.1, 0.15) is 12.5 Å². The predicted molar refractivity (Wildman–Crippen MR) is 62.2 cm³/mol. The molecule has 0 aliphatic heterocycles. The minimum Gasteiger partial charge on any atom is -0.192 e. The van der Waals surface area contributed by atoms with E-state index in [2.05, 4.69) is 27.8 Å². The smallest absolute Gasteiger partial charge is 0.0991 e. The molecule has 1 aromatic carbocycles. The van der Waals surface area contributed by atoms with Gasteiger partial charge in [-0.1, -0.05) is 23.2 Å². The van der Waals surface area contributed by atoms with Gasteiger partial charge in [0.1, 0.15) is 0 Å². The third-order valence-electron chi connectivity index (χ3n) is 1.33. The maximum atomic E-state index is 8.45. The highest BCUT2D eigenvalue weighted by atomic mass is 15.1. The summed E-state index contributed by atoms with van der Waals surface area (Å²) in [6.45, 7) is 1.71. The van der Waals surface area contributed by atoms with Crippen molar-refractivity contribution in [1.82, 2.24) is 0 Å². The molecule has 0 saturated carbocycles. The Hall–Kier alpha value is -2.86. The van der Waals surface area contributed by atoms with Crippen molar-refractivity contribution in [1.29, 1.82) is 5.26 Å². The summed E-state index contributed by atoms with van der Waals surface area (Å²) < 4.78 is 0. The lowest BCUT2D eigenvalue weighted by Crippen LogP contribution is -1.69. The molecule has 0 amide bonds. The molecule has 16 heavy (non-hydrogen) atoms. The Labute approximate surface area is 94.2 Å². The van der Waals surface area contributed by atoms with Crippen LogP contribution in [0.5, 0.6) is 0 Å². The van der Waals surface area contributed by atoms with Crippen LogP contribution in [0.25, 0.3) is 10.4 Å². The number of rotatable bonds is 1. The molecule has 1 aromatic rings. The molecule has 0 radical (unpaired) electrons. The molecular formula is C12H8N4. The van der Waals surface area contributed by atoms with Gasteiger partial charge in [-0.15, -0.1) is 6.42 Å². The van der Waals surface area contributed by atoms with Crippen molar-refractivity contribution in [2.24, 2.45) is 5.11 Å². The van der Waals surface area contributed by atoms with E-state index < -0.39 is 0 Å². The fourth-order valence-corrected chi connectivity index (χ4v) is 0.761. The average molecular weight is 208 g/mol. The molecule has 0 bridgehead atoms. The summed E-state index contributed by atoms with van der Waals surface area (Å²) in [7, 11) is 0. The second-order valence-corrected chi connectivity index (χ2v) is 2.37. The molecule has 0 atom stereocenters. The Morgan fingerprint density at radius 1 is 1.50 bits per heavy atom. The van der Waals surface area contributed by atoms with E-state index in [1.165, 1.54) is 6.07 Å². The van der Waals surface area contributed by atoms with Gasteiger partial charge in [0.25, 0.3) is 0 Å². The van der Waals surface area contributed by atoms with Crippen LogP contribution in [-0.4, -0.2) is 0 Å². The predicted octanol–water partition coefficient (Wildman–Crippen LogP) is 3.14. The van der Waals surface area contributed by atoms with E-state index in [0.717, 1.165) is 0 Å². The minimum absolute atomic E-state index is 0.464. The highest BCUT2D eigenvalue weighted by Gasteiger charge is 1.89. The van der Waals surface area contributed by atoms with E-state index in [-0.39, 0.29) is 0 Å². The molecular weight excluding hydrogens is 200 g/mol. The second-order valence-electron chi connectivity index (χ2n) is 2.37. The van der Waals surface area contributed by atoms with E-state index in [1.807, 2.05) is 6.07 Å². The van der Waals surface area contributed by atoms with Gasteiger partial charge < -0.3 is 0 Å². The van der Waals surface area contributed by atoms with E-state index in [0.29, 0.717) is 11.3 Å². The van der Waals surface area contributed by atoms with Crippen LogP contribution in [0.3, 0.4) is 0 Å². The van der Waals surface area contributed by atoms with Crippen molar-refractivity contribution in [3.8, 4) is 30.3 Å². The molecule has 0 aliphatic rings. The molecule has 0 spiro atoms. The molecule has 0 aromatic heterocycles. The molecule has 0 fully saturated rings. The Morgan fingerprint density at radius 3 is 2.69 bits per heavy atom. The van der Waals surface area contributed by atoms with Crippen molar-refractivity contribution in [3.63, 3.8) is 0 Å². The van der Waals surface area contributed by atoms with E-state index in [1.54, 1.807) is 25.1 Å². The lowest BCUT2D eigenvalue weighted by molar-refractivity contribution is 1.44.